The van der Waals surface area contributed by atoms with Crippen molar-refractivity contribution in [2.24, 2.45) is 11.7 Å². The van der Waals surface area contributed by atoms with Crippen LogP contribution in [-0.2, 0) is 9.53 Å². The van der Waals surface area contributed by atoms with E-state index in [1.807, 2.05) is 0 Å². The highest BCUT2D eigenvalue weighted by molar-refractivity contribution is 5.86. The summed E-state index contributed by atoms with van der Waals surface area (Å²) < 4.78 is 18.3. The van der Waals surface area contributed by atoms with Crippen LogP contribution < -0.4 is 16.0 Å². The zero-order valence-corrected chi connectivity index (χ0v) is 15.7. The fourth-order valence-electron chi connectivity index (χ4n) is 3.26. The summed E-state index contributed by atoms with van der Waals surface area (Å²) in [4.78, 5) is 14.5. The van der Waals surface area contributed by atoms with Crippen LogP contribution in [0.25, 0.3) is 0 Å². The summed E-state index contributed by atoms with van der Waals surface area (Å²) in [6.45, 7) is 3.52. The van der Waals surface area contributed by atoms with Gasteiger partial charge in [-0.15, -0.1) is 24.8 Å². The molecule has 0 bridgehead atoms. The number of nitrogens with zero attached hydrogens (tertiary/aromatic N) is 1. The van der Waals surface area contributed by atoms with E-state index < -0.39 is 5.54 Å². The number of anilines is 1. The van der Waals surface area contributed by atoms with Crippen LogP contribution in [0.3, 0.4) is 0 Å². The Hall–Kier alpha value is -1.08. The Kier molecular flexibility index (Phi) is 8.41. The van der Waals surface area contributed by atoms with Crippen LogP contribution in [0.1, 0.15) is 19.3 Å². The topological polar surface area (TPSA) is 67.6 Å². The smallest absolute Gasteiger partial charge is 0.240 e. The van der Waals surface area contributed by atoms with E-state index in [0.29, 0.717) is 38.5 Å². The van der Waals surface area contributed by atoms with Crippen LogP contribution in [0.5, 0.6) is 0 Å². The fraction of sp³-hybridized carbons (Fsp3) is 0.588. The number of carbonyl (C=O) groups excluding carboxylic acids is 1. The second-order valence-corrected chi connectivity index (χ2v) is 6.56. The number of nitrogens with one attached hydrogen (secondary N) is 1. The molecule has 0 spiro atoms. The van der Waals surface area contributed by atoms with Crippen molar-refractivity contribution in [3.63, 3.8) is 0 Å². The third-order valence-corrected chi connectivity index (χ3v) is 4.87. The third-order valence-electron chi connectivity index (χ3n) is 4.87. The van der Waals surface area contributed by atoms with Crippen LogP contribution in [0.4, 0.5) is 10.1 Å². The van der Waals surface area contributed by atoms with Gasteiger partial charge < -0.3 is 20.7 Å². The Balaban J connectivity index is 0.00000156. The first kappa shape index (κ1) is 22.0. The Morgan fingerprint density at radius 2 is 1.92 bits per heavy atom. The van der Waals surface area contributed by atoms with Gasteiger partial charge in [-0.3, -0.25) is 4.79 Å². The number of ether oxygens (including phenoxy) is 1. The predicted octanol–water partition coefficient (Wildman–Crippen LogP) is 2.12. The molecule has 2 aliphatic rings. The van der Waals surface area contributed by atoms with Gasteiger partial charge in [0.1, 0.15) is 5.82 Å². The van der Waals surface area contributed by atoms with Gasteiger partial charge in [-0.25, -0.2) is 4.39 Å². The van der Waals surface area contributed by atoms with E-state index in [2.05, 4.69) is 10.2 Å². The highest BCUT2D eigenvalue weighted by atomic mass is 35.5. The van der Waals surface area contributed by atoms with Crippen molar-refractivity contribution >= 4 is 36.4 Å². The molecule has 2 heterocycles. The maximum Gasteiger partial charge on any atom is 0.240 e. The zero-order chi connectivity index (χ0) is 16.3. The van der Waals surface area contributed by atoms with Gasteiger partial charge in [0.2, 0.25) is 5.91 Å². The average molecular weight is 394 g/mol. The number of halogens is 3. The summed E-state index contributed by atoms with van der Waals surface area (Å²) in [5, 5.41) is 3.01. The molecule has 3 rings (SSSR count). The van der Waals surface area contributed by atoms with Crippen LogP contribution in [-0.4, -0.2) is 44.3 Å². The van der Waals surface area contributed by atoms with E-state index in [1.165, 1.54) is 12.1 Å². The molecule has 1 amide bonds. The number of amides is 1. The zero-order valence-electron chi connectivity index (χ0n) is 14.1. The molecule has 3 N–H and O–H groups in total. The van der Waals surface area contributed by atoms with Gasteiger partial charge in [-0.2, -0.15) is 0 Å². The maximum atomic E-state index is 13.0. The van der Waals surface area contributed by atoms with E-state index in [4.69, 9.17) is 10.5 Å². The van der Waals surface area contributed by atoms with E-state index in [-0.39, 0.29) is 36.5 Å². The third kappa shape index (κ3) is 5.45. The highest BCUT2D eigenvalue weighted by Gasteiger charge is 2.36. The average Bonchev–Trinajstić information content (AvgIpc) is 3.03. The largest absolute Gasteiger partial charge is 0.381 e. The minimum Gasteiger partial charge on any atom is -0.381 e. The molecule has 2 fully saturated rings. The molecule has 5 nitrogen and oxygen atoms in total. The van der Waals surface area contributed by atoms with Gasteiger partial charge in [0.15, 0.2) is 0 Å². The molecule has 142 valence electrons. The minimum atomic E-state index is -0.784. The number of hydrogen-bond acceptors (Lipinski definition) is 4. The van der Waals surface area contributed by atoms with Gasteiger partial charge in [0, 0.05) is 38.5 Å². The lowest BCUT2D eigenvalue weighted by Crippen LogP contribution is -2.57. The number of rotatable bonds is 4. The van der Waals surface area contributed by atoms with Crippen molar-refractivity contribution in [2.45, 2.75) is 24.8 Å². The molecule has 25 heavy (non-hydrogen) atoms. The molecule has 0 aliphatic carbocycles. The van der Waals surface area contributed by atoms with Crippen LogP contribution >= 0.6 is 24.8 Å². The Labute approximate surface area is 160 Å². The molecule has 2 saturated heterocycles. The molecule has 2 aliphatic heterocycles. The molecule has 1 unspecified atom stereocenters. The maximum absolute atomic E-state index is 13.0. The van der Waals surface area contributed by atoms with Gasteiger partial charge in [0.05, 0.1) is 5.54 Å². The van der Waals surface area contributed by atoms with Gasteiger partial charge in [0.25, 0.3) is 0 Å². The number of benzene rings is 1. The summed E-state index contributed by atoms with van der Waals surface area (Å²) >= 11 is 0. The quantitative estimate of drug-likeness (QED) is 0.821. The monoisotopic (exact) mass is 393 g/mol. The Morgan fingerprint density at radius 3 is 2.56 bits per heavy atom. The molecule has 0 aromatic heterocycles. The highest BCUT2D eigenvalue weighted by Crippen LogP contribution is 2.24. The first-order chi connectivity index (χ1) is 11.1. The van der Waals surface area contributed by atoms with Crippen molar-refractivity contribution in [3.8, 4) is 0 Å². The first-order valence-electron chi connectivity index (χ1n) is 8.22. The van der Waals surface area contributed by atoms with Crippen molar-refractivity contribution in [1.29, 1.82) is 0 Å². The van der Waals surface area contributed by atoms with Crippen molar-refractivity contribution in [2.75, 3.05) is 37.7 Å². The number of nitrogens with two attached hydrogens (primary N) is 1. The van der Waals surface area contributed by atoms with Crippen LogP contribution in [0.2, 0.25) is 0 Å². The number of carbonyl (C=O) groups is 1. The molecule has 1 aromatic carbocycles. The van der Waals surface area contributed by atoms with E-state index >= 15 is 0 Å². The van der Waals surface area contributed by atoms with E-state index in [1.54, 1.807) is 12.1 Å². The van der Waals surface area contributed by atoms with E-state index in [9.17, 15) is 9.18 Å². The summed E-state index contributed by atoms with van der Waals surface area (Å²) in [5.74, 6) is 0.106. The van der Waals surface area contributed by atoms with Crippen molar-refractivity contribution in [1.82, 2.24) is 5.32 Å². The molecule has 0 saturated carbocycles. The lowest BCUT2D eigenvalue weighted by molar-refractivity contribution is -0.129. The van der Waals surface area contributed by atoms with Crippen molar-refractivity contribution < 1.29 is 13.9 Å². The summed E-state index contributed by atoms with van der Waals surface area (Å²) in [5.41, 5.74) is 6.43. The Bertz CT molecular complexity index is 553. The van der Waals surface area contributed by atoms with Gasteiger partial charge >= 0.3 is 0 Å². The standard InChI is InChI=1S/C17H24FN3O2.2ClH/c18-14-1-3-15(4-2-14)21-8-5-13(12-21)11-20-16(22)17(19)6-9-23-10-7-17;;/h1-4,13H,5-12,19H2,(H,20,22);2*1H. The minimum absolute atomic E-state index is 0. The SMILES string of the molecule is Cl.Cl.NC1(C(=O)NCC2CCN(c3ccc(F)cc3)C2)CCOCC1. The van der Waals surface area contributed by atoms with Gasteiger partial charge in [-0.05, 0) is 49.4 Å². The number of hydrogen-bond donors (Lipinski definition) is 2. The lowest BCUT2D eigenvalue weighted by Gasteiger charge is -2.32. The second-order valence-electron chi connectivity index (χ2n) is 6.56. The second kappa shape index (κ2) is 9.57. The van der Waals surface area contributed by atoms with Crippen LogP contribution in [0, 0.1) is 11.7 Å². The summed E-state index contributed by atoms with van der Waals surface area (Å²) in [7, 11) is 0. The lowest BCUT2D eigenvalue weighted by atomic mass is 9.90. The summed E-state index contributed by atoms with van der Waals surface area (Å²) in [6.07, 6.45) is 2.16. The molecular formula is C17H26Cl2FN3O2. The van der Waals surface area contributed by atoms with Crippen molar-refractivity contribution in [3.05, 3.63) is 30.1 Å². The van der Waals surface area contributed by atoms with E-state index in [0.717, 1.165) is 25.2 Å². The van der Waals surface area contributed by atoms with Gasteiger partial charge in [-0.1, -0.05) is 0 Å². The first-order valence-corrected chi connectivity index (χ1v) is 8.22. The molecule has 1 aromatic rings. The molecule has 8 heteroatoms. The summed E-state index contributed by atoms with van der Waals surface area (Å²) in [6, 6.07) is 6.56. The Morgan fingerprint density at radius 1 is 1.28 bits per heavy atom. The fourth-order valence-corrected chi connectivity index (χ4v) is 3.26. The molecule has 1 atom stereocenters. The molecule has 0 radical (unpaired) electrons. The predicted molar refractivity (Wildman–Crippen MR) is 101 cm³/mol. The molecular weight excluding hydrogens is 368 g/mol. The normalized spacial score (nSPS) is 21.8. The van der Waals surface area contributed by atoms with Crippen LogP contribution in [0.15, 0.2) is 24.3 Å².